The molecule has 0 bridgehead atoms. The van der Waals surface area contributed by atoms with Crippen LogP contribution in [0.1, 0.15) is 33.6 Å². The second-order valence-electron chi connectivity index (χ2n) is 8.79. The topological polar surface area (TPSA) is 117 Å². The monoisotopic (exact) mass is 455 g/mol. The average molecular weight is 456 g/mol. The number of piperidine rings is 1. The van der Waals surface area contributed by atoms with Crippen molar-refractivity contribution in [2.75, 3.05) is 30.0 Å². The highest BCUT2D eigenvalue weighted by molar-refractivity contribution is 7.98. The van der Waals surface area contributed by atoms with Crippen LogP contribution in [0.3, 0.4) is 0 Å². The Hall–Kier alpha value is -3.08. The number of H-pyrrole nitrogens is 1. The number of amides is 1. The number of aromatic nitrogens is 6. The normalized spacial score (nSPS) is 16.9. The number of carbonyl (C=O) groups excluding carboxylic acids is 1. The number of hydrogen-bond acceptors (Lipinski definition) is 8. The molecular weight excluding hydrogens is 426 g/mol. The van der Waals surface area contributed by atoms with Gasteiger partial charge in [0.1, 0.15) is 10.8 Å². The van der Waals surface area contributed by atoms with E-state index < -0.39 is 0 Å². The summed E-state index contributed by atoms with van der Waals surface area (Å²) in [5.41, 5.74) is 1.33. The third-order valence-corrected chi connectivity index (χ3v) is 6.04. The molecule has 1 unspecified atom stereocenters. The van der Waals surface area contributed by atoms with E-state index in [2.05, 4.69) is 58.3 Å². The van der Waals surface area contributed by atoms with Crippen LogP contribution in [-0.2, 0) is 10.3 Å². The van der Waals surface area contributed by atoms with Crippen LogP contribution < -0.4 is 10.6 Å². The minimum atomic E-state index is -0.121. The second-order valence-corrected chi connectivity index (χ2v) is 9.59. The fraction of sp³-hybridized carbons (Fsp3) is 0.476. The van der Waals surface area contributed by atoms with Gasteiger partial charge in [-0.15, -0.1) is 11.8 Å². The van der Waals surface area contributed by atoms with Gasteiger partial charge in [0, 0.05) is 25.3 Å². The first-order valence-electron chi connectivity index (χ1n) is 10.6. The molecule has 1 aliphatic heterocycles. The number of anilines is 3. The molecule has 1 fully saturated rings. The Morgan fingerprint density at radius 2 is 2.19 bits per heavy atom. The summed E-state index contributed by atoms with van der Waals surface area (Å²) < 4.78 is 1.89. The zero-order chi connectivity index (χ0) is 22.9. The van der Waals surface area contributed by atoms with Gasteiger partial charge in [0.15, 0.2) is 5.65 Å². The maximum atomic E-state index is 12.1. The van der Waals surface area contributed by atoms with Crippen LogP contribution in [-0.4, -0.2) is 66.1 Å². The number of nitrogens with one attached hydrogen (secondary N) is 3. The lowest BCUT2D eigenvalue weighted by atomic mass is 10.1. The number of aromatic amines is 1. The molecule has 0 radical (unpaired) electrons. The van der Waals surface area contributed by atoms with Gasteiger partial charge in [-0.3, -0.25) is 14.6 Å². The van der Waals surface area contributed by atoms with Gasteiger partial charge in [0.05, 0.1) is 22.8 Å². The summed E-state index contributed by atoms with van der Waals surface area (Å²) in [7, 11) is 0. The molecule has 0 aliphatic carbocycles. The van der Waals surface area contributed by atoms with Gasteiger partial charge >= 0.3 is 0 Å². The maximum Gasteiger partial charge on any atom is 0.246 e. The van der Waals surface area contributed by atoms with Gasteiger partial charge in [-0.1, -0.05) is 6.58 Å². The summed E-state index contributed by atoms with van der Waals surface area (Å²) in [6.07, 6.45) is 8.89. The Morgan fingerprint density at radius 1 is 1.38 bits per heavy atom. The highest BCUT2D eigenvalue weighted by Crippen LogP contribution is 2.31. The summed E-state index contributed by atoms with van der Waals surface area (Å²) in [5, 5.41) is 20.3. The Bertz CT molecular complexity index is 1130. The van der Waals surface area contributed by atoms with E-state index in [9.17, 15) is 4.79 Å². The average Bonchev–Trinajstić information content (AvgIpc) is 3.40. The SMILES string of the molecule is C=CC(=O)N1CCCC(Nc2nc(Nc3cnn(C(C)(C)C)c3)nc3[nH]nc(SC)c23)C1. The van der Waals surface area contributed by atoms with Crippen molar-refractivity contribution >= 4 is 46.2 Å². The number of hydrogen-bond donors (Lipinski definition) is 3. The molecule has 0 saturated carbocycles. The van der Waals surface area contributed by atoms with E-state index >= 15 is 0 Å². The van der Waals surface area contributed by atoms with Gasteiger partial charge < -0.3 is 15.5 Å². The van der Waals surface area contributed by atoms with E-state index in [1.54, 1.807) is 6.20 Å². The highest BCUT2D eigenvalue weighted by Gasteiger charge is 2.25. The van der Waals surface area contributed by atoms with Crippen molar-refractivity contribution in [3.8, 4) is 0 Å². The molecule has 170 valence electrons. The van der Waals surface area contributed by atoms with E-state index in [1.165, 1.54) is 17.8 Å². The smallest absolute Gasteiger partial charge is 0.246 e. The fourth-order valence-corrected chi connectivity index (χ4v) is 4.25. The lowest BCUT2D eigenvalue weighted by Gasteiger charge is -2.33. The minimum Gasteiger partial charge on any atom is -0.365 e. The maximum absolute atomic E-state index is 12.1. The fourth-order valence-electron chi connectivity index (χ4n) is 3.71. The molecule has 32 heavy (non-hydrogen) atoms. The van der Waals surface area contributed by atoms with Crippen LogP contribution in [0.5, 0.6) is 0 Å². The van der Waals surface area contributed by atoms with E-state index in [1.807, 2.05) is 22.0 Å². The van der Waals surface area contributed by atoms with Crippen LogP contribution >= 0.6 is 11.8 Å². The Balaban J connectivity index is 1.63. The molecule has 4 heterocycles. The molecule has 10 nitrogen and oxygen atoms in total. The van der Waals surface area contributed by atoms with Gasteiger partial charge in [0.25, 0.3) is 0 Å². The summed E-state index contributed by atoms with van der Waals surface area (Å²) in [6.45, 7) is 11.2. The molecule has 0 aromatic carbocycles. The summed E-state index contributed by atoms with van der Waals surface area (Å²) >= 11 is 1.53. The van der Waals surface area contributed by atoms with Crippen LogP contribution in [0.4, 0.5) is 17.5 Å². The number of rotatable bonds is 6. The van der Waals surface area contributed by atoms with Crippen molar-refractivity contribution in [3.05, 3.63) is 25.0 Å². The van der Waals surface area contributed by atoms with Gasteiger partial charge in [-0.2, -0.15) is 20.2 Å². The number of fused-ring (bicyclic) bond motifs is 1. The summed E-state index contributed by atoms with van der Waals surface area (Å²) in [4.78, 5) is 23.3. The second kappa shape index (κ2) is 8.81. The Morgan fingerprint density at radius 3 is 2.88 bits per heavy atom. The van der Waals surface area contributed by atoms with E-state index in [0.29, 0.717) is 24.0 Å². The lowest BCUT2D eigenvalue weighted by Crippen LogP contribution is -2.44. The molecule has 11 heteroatoms. The van der Waals surface area contributed by atoms with Gasteiger partial charge in [-0.25, -0.2) is 0 Å². The number of likely N-dealkylation sites (tertiary alicyclic amines) is 1. The van der Waals surface area contributed by atoms with Crippen molar-refractivity contribution < 1.29 is 4.79 Å². The first kappa shape index (κ1) is 22.1. The van der Waals surface area contributed by atoms with Crippen molar-refractivity contribution in [1.82, 2.24) is 34.8 Å². The van der Waals surface area contributed by atoms with E-state index in [-0.39, 0.29) is 17.5 Å². The number of nitrogens with zero attached hydrogens (tertiary/aromatic N) is 6. The summed E-state index contributed by atoms with van der Waals surface area (Å²) in [5.74, 6) is 1.09. The van der Waals surface area contributed by atoms with Crippen LogP contribution in [0.25, 0.3) is 11.0 Å². The minimum absolute atomic E-state index is 0.0457. The molecule has 1 atom stereocenters. The zero-order valence-corrected chi connectivity index (χ0v) is 19.7. The predicted octanol–water partition coefficient (Wildman–Crippen LogP) is 3.36. The van der Waals surface area contributed by atoms with Crippen LogP contribution in [0, 0.1) is 0 Å². The zero-order valence-electron chi connectivity index (χ0n) is 18.8. The molecule has 1 amide bonds. The van der Waals surface area contributed by atoms with Crippen LogP contribution in [0.15, 0.2) is 30.1 Å². The molecule has 4 rings (SSSR count). The molecule has 1 aliphatic rings. The Labute approximate surface area is 191 Å². The van der Waals surface area contributed by atoms with Crippen LogP contribution in [0.2, 0.25) is 0 Å². The molecular formula is C21H29N9OS. The molecule has 3 aromatic rings. The first-order chi connectivity index (χ1) is 15.3. The van der Waals surface area contributed by atoms with E-state index in [0.717, 1.165) is 35.5 Å². The van der Waals surface area contributed by atoms with Crippen molar-refractivity contribution in [2.45, 2.75) is 50.2 Å². The lowest BCUT2D eigenvalue weighted by molar-refractivity contribution is -0.127. The van der Waals surface area contributed by atoms with E-state index in [4.69, 9.17) is 4.98 Å². The van der Waals surface area contributed by atoms with Crippen molar-refractivity contribution in [3.63, 3.8) is 0 Å². The predicted molar refractivity (Wildman–Crippen MR) is 127 cm³/mol. The van der Waals surface area contributed by atoms with Gasteiger partial charge in [0.2, 0.25) is 11.9 Å². The molecule has 1 saturated heterocycles. The highest BCUT2D eigenvalue weighted by atomic mass is 32.2. The third kappa shape index (κ3) is 4.57. The van der Waals surface area contributed by atoms with Crippen molar-refractivity contribution in [2.24, 2.45) is 0 Å². The first-order valence-corrected chi connectivity index (χ1v) is 11.8. The molecule has 3 N–H and O–H groups in total. The quantitative estimate of drug-likeness (QED) is 0.383. The van der Waals surface area contributed by atoms with Crippen molar-refractivity contribution in [1.29, 1.82) is 0 Å². The van der Waals surface area contributed by atoms with Gasteiger partial charge in [-0.05, 0) is 45.9 Å². The molecule has 0 spiro atoms. The standard InChI is InChI=1S/C21H29N9OS/c1-6-15(31)29-9-7-8-13(11-29)23-17-16-18(27-28-19(16)32-5)26-20(25-17)24-14-10-22-30(12-14)21(2,3)4/h6,10,12-13H,1,7-9,11H2,2-5H3,(H3,23,24,25,26,27,28). The summed E-state index contributed by atoms with van der Waals surface area (Å²) in [6, 6.07) is 0.0758. The number of carbonyl (C=O) groups is 1. The number of thioether (sulfide) groups is 1. The third-order valence-electron chi connectivity index (χ3n) is 5.35. The molecule has 3 aromatic heterocycles. The Kier molecular flexibility index (Phi) is 6.09. The largest absolute Gasteiger partial charge is 0.365 e.